The lowest BCUT2D eigenvalue weighted by atomic mass is 10.1. The number of hydrogen-bond acceptors (Lipinski definition) is 3. The van der Waals surface area contributed by atoms with E-state index in [1.807, 2.05) is 50.2 Å². The molecule has 4 heteroatoms. The zero-order valence-corrected chi connectivity index (χ0v) is 13.7. The molecule has 0 bridgehead atoms. The maximum absolute atomic E-state index is 12.6. The minimum absolute atomic E-state index is 0.000686. The molecule has 2 aromatic carbocycles. The van der Waals surface area contributed by atoms with Crippen molar-refractivity contribution in [2.24, 2.45) is 0 Å². The molecule has 120 valence electrons. The van der Waals surface area contributed by atoms with Crippen LogP contribution in [0.4, 0.5) is 0 Å². The summed E-state index contributed by atoms with van der Waals surface area (Å²) < 4.78 is 11.6. The molecule has 1 atom stereocenters. The topological polar surface area (TPSA) is 38.8 Å². The van der Waals surface area contributed by atoms with Crippen molar-refractivity contribution in [2.45, 2.75) is 20.0 Å². The van der Waals surface area contributed by atoms with Gasteiger partial charge in [0, 0.05) is 12.6 Å². The second-order valence-corrected chi connectivity index (χ2v) is 6.06. The standard InChI is InChI=1S/C19H21NO3/c1-13-8-14(2)10-15(9-13)19(21)20(3)11-16-12-22-17-6-4-5-7-18(17)23-16/h4-10,16H,11-12H2,1-3H3. The van der Waals surface area contributed by atoms with Crippen LogP contribution in [0.3, 0.4) is 0 Å². The van der Waals surface area contributed by atoms with Crippen molar-refractivity contribution in [2.75, 3.05) is 20.2 Å². The van der Waals surface area contributed by atoms with E-state index in [0.717, 1.165) is 22.6 Å². The molecule has 0 aromatic heterocycles. The molecule has 23 heavy (non-hydrogen) atoms. The molecule has 1 amide bonds. The van der Waals surface area contributed by atoms with Gasteiger partial charge in [0.2, 0.25) is 0 Å². The van der Waals surface area contributed by atoms with Crippen LogP contribution in [0.5, 0.6) is 11.5 Å². The van der Waals surface area contributed by atoms with E-state index in [1.165, 1.54) is 0 Å². The summed E-state index contributed by atoms with van der Waals surface area (Å²) >= 11 is 0. The van der Waals surface area contributed by atoms with Crippen LogP contribution in [0.1, 0.15) is 21.5 Å². The highest BCUT2D eigenvalue weighted by atomic mass is 16.6. The number of benzene rings is 2. The largest absolute Gasteiger partial charge is 0.486 e. The van der Waals surface area contributed by atoms with Crippen molar-refractivity contribution >= 4 is 5.91 Å². The zero-order valence-electron chi connectivity index (χ0n) is 13.7. The third-order valence-corrected chi connectivity index (χ3v) is 3.86. The summed E-state index contributed by atoms with van der Waals surface area (Å²) in [7, 11) is 1.80. The second kappa shape index (κ2) is 6.32. The first-order valence-electron chi connectivity index (χ1n) is 7.75. The van der Waals surface area contributed by atoms with E-state index < -0.39 is 0 Å². The number of likely N-dealkylation sites (N-methyl/N-ethyl adjacent to an activating group) is 1. The molecule has 3 rings (SSSR count). The summed E-state index contributed by atoms with van der Waals surface area (Å²) in [4.78, 5) is 14.3. The third kappa shape index (κ3) is 3.47. The highest BCUT2D eigenvalue weighted by molar-refractivity contribution is 5.94. The van der Waals surface area contributed by atoms with Crippen LogP contribution in [0.15, 0.2) is 42.5 Å². The number of fused-ring (bicyclic) bond motifs is 1. The van der Waals surface area contributed by atoms with Crippen molar-refractivity contribution in [1.29, 1.82) is 0 Å². The van der Waals surface area contributed by atoms with E-state index in [1.54, 1.807) is 11.9 Å². The Morgan fingerprint density at radius 3 is 2.48 bits per heavy atom. The average Bonchev–Trinajstić information content (AvgIpc) is 2.53. The number of para-hydroxylation sites is 2. The lowest BCUT2D eigenvalue weighted by Crippen LogP contribution is -2.41. The summed E-state index contributed by atoms with van der Waals surface area (Å²) in [6.07, 6.45) is -0.162. The highest BCUT2D eigenvalue weighted by Crippen LogP contribution is 2.31. The number of nitrogens with zero attached hydrogens (tertiary/aromatic N) is 1. The number of hydrogen-bond donors (Lipinski definition) is 0. The zero-order chi connectivity index (χ0) is 16.4. The van der Waals surface area contributed by atoms with E-state index >= 15 is 0 Å². The van der Waals surface area contributed by atoms with Crippen LogP contribution in [0, 0.1) is 13.8 Å². The quantitative estimate of drug-likeness (QED) is 0.873. The van der Waals surface area contributed by atoms with Crippen LogP contribution >= 0.6 is 0 Å². The van der Waals surface area contributed by atoms with Gasteiger partial charge in [-0.05, 0) is 38.1 Å². The van der Waals surface area contributed by atoms with Gasteiger partial charge >= 0.3 is 0 Å². The van der Waals surface area contributed by atoms with Crippen LogP contribution in [0.2, 0.25) is 0 Å². The van der Waals surface area contributed by atoms with Crippen LogP contribution < -0.4 is 9.47 Å². The number of ether oxygens (including phenoxy) is 2. The van der Waals surface area contributed by atoms with Gasteiger partial charge in [-0.3, -0.25) is 4.79 Å². The molecule has 0 aliphatic carbocycles. The second-order valence-electron chi connectivity index (χ2n) is 6.06. The van der Waals surface area contributed by atoms with Crippen LogP contribution in [-0.4, -0.2) is 37.1 Å². The smallest absolute Gasteiger partial charge is 0.253 e. The van der Waals surface area contributed by atoms with Gasteiger partial charge in [0.1, 0.15) is 6.61 Å². The molecule has 0 N–H and O–H groups in total. The Hall–Kier alpha value is -2.49. The van der Waals surface area contributed by atoms with E-state index in [0.29, 0.717) is 18.7 Å². The Morgan fingerprint density at radius 1 is 1.13 bits per heavy atom. The molecule has 0 saturated heterocycles. The van der Waals surface area contributed by atoms with Crippen LogP contribution in [-0.2, 0) is 0 Å². The first-order valence-corrected chi connectivity index (χ1v) is 7.75. The van der Waals surface area contributed by atoms with E-state index in [-0.39, 0.29) is 12.0 Å². The Labute approximate surface area is 136 Å². The predicted octanol–water partition coefficient (Wildman–Crippen LogP) is 3.22. The monoisotopic (exact) mass is 311 g/mol. The number of carbonyl (C=O) groups is 1. The summed E-state index contributed by atoms with van der Waals surface area (Å²) in [5, 5.41) is 0. The lowest BCUT2D eigenvalue weighted by Gasteiger charge is -2.29. The van der Waals surface area contributed by atoms with Crippen molar-refractivity contribution in [3.8, 4) is 11.5 Å². The highest BCUT2D eigenvalue weighted by Gasteiger charge is 2.24. The number of amides is 1. The lowest BCUT2D eigenvalue weighted by molar-refractivity contribution is 0.0521. The molecular weight excluding hydrogens is 290 g/mol. The molecule has 2 aromatic rings. The molecule has 0 spiro atoms. The molecular formula is C19H21NO3. The molecule has 1 aliphatic heterocycles. The molecule has 4 nitrogen and oxygen atoms in total. The van der Waals surface area contributed by atoms with Gasteiger partial charge in [0.05, 0.1) is 6.54 Å². The first-order chi connectivity index (χ1) is 11.0. The SMILES string of the molecule is Cc1cc(C)cc(C(=O)N(C)CC2COc3ccccc3O2)c1. The maximum atomic E-state index is 12.6. The van der Waals surface area contributed by atoms with Gasteiger partial charge in [0.15, 0.2) is 17.6 Å². The fourth-order valence-electron chi connectivity index (χ4n) is 2.86. The summed E-state index contributed by atoms with van der Waals surface area (Å²) in [5.74, 6) is 1.49. The average molecular weight is 311 g/mol. The minimum Gasteiger partial charge on any atom is -0.486 e. The van der Waals surface area contributed by atoms with E-state index in [2.05, 4.69) is 6.07 Å². The minimum atomic E-state index is -0.162. The van der Waals surface area contributed by atoms with Gasteiger partial charge < -0.3 is 14.4 Å². The third-order valence-electron chi connectivity index (χ3n) is 3.86. The van der Waals surface area contributed by atoms with E-state index in [4.69, 9.17) is 9.47 Å². The molecule has 0 radical (unpaired) electrons. The number of aryl methyl sites for hydroxylation is 2. The Morgan fingerprint density at radius 2 is 1.78 bits per heavy atom. The fraction of sp³-hybridized carbons (Fsp3) is 0.316. The van der Waals surface area contributed by atoms with Gasteiger partial charge in [-0.25, -0.2) is 0 Å². The maximum Gasteiger partial charge on any atom is 0.253 e. The Balaban J connectivity index is 1.67. The number of carbonyl (C=O) groups excluding carboxylic acids is 1. The summed E-state index contributed by atoms with van der Waals surface area (Å²) in [6, 6.07) is 13.5. The normalized spacial score (nSPS) is 16.0. The van der Waals surface area contributed by atoms with Gasteiger partial charge in [0.25, 0.3) is 5.91 Å². The molecule has 0 fully saturated rings. The molecule has 1 aliphatic rings. The molecule has 1 heterocycles. The van der Waals surface area contributed by atoms with Gasteiger partial charge in [-0.1, -0.05) is 29.3 Å². The first kappa shape index (κ1) is 15.4. The number of rotatable bonds is 3. The fourth-order valence-corrected chi connectivity index (χ4v) is 2.86. The van der Waals surface area contributed by atoms with Crippen LogP contribution in [0.25, 0.3) is 0 Å². The molecule has 0 saturated carbocycles. The Kier molecular flexibility index (Phi) is 4.24. The van der Waals surface area contributed by atoms with Gasteiger partial charge in [-0.15, -0.1) is 0 Å². The van der Waals surface area contributed by atoms with Gasteiger partial charge in [-0.2, -0.15) is 0 Å². The Bertz CT molecular complexity index is 706. The van der Waals surface area contributed by atoms with E-state index in [9.17, 15) is 4.79 Å². The van der Waals surface area contributed by atoms with Crippen molar-refractivity contribution in [3.63, 3.8) is 0 Å². The summed E-state index contributed by atoms with van der Waals surface area (Å²) in [6.45, 7) is 4.93. The summed E-state index contributed by atoms with van der Waals surface area (Å²) in [5.41, 5.74) is 2.89. The van der Waals surface area contributed by atoms with Crippen molar-refractivity contribution in [3.05, 3.63) is 59.2 Å². The van der Waals surface area contributed by atoms with Crippen molar-refractivity contribution in [1.82, 2.24) is 4.90 Å². The van der Waals surface area contributed by atoms with Crippen molar-refractivity contribution < 1.29 is 14.3 Å². The predicted molar refractivity (Wildman–Crippen MR) is 89.2 cm³/mol. The molecule has 1 unspecified atom stereocenters.